The number of nitrogens with one attached hydrogen (secondary N) is 1. The van der Waals surface area contributed by atoms with E-state index >= 15 is 0 Å². The van der Waals surface area contributed by atoms with Gasteiger partial charge in [-0.15, -0.1) is 0 Å². The summed E-state index contributed by atoms with van der Waals surface area (Å²) >= 11 is 0. The summed E-state index contributed by atoms with van der Waals surface area (Å²) < 4.78 is 16.4. The monoisotopic (exact) mass is 509 g/mol. The van der Waals surface area contributed by atoms with Crippen molar-refractivity contribution >= 4 is 23.2 Å². The smallest absolute Gasteiger partial charge is 0.344 e. The number of benzene rings is 2. The quantitative estimate of drug-likeness (QED) is 0.312. The summed E-state index contributed by atoms with van der Waals surface area (Å²) in [5, 5.41) is 13.8. The number of rotatable bonds is 10. The maximum atomic E-state index is 12.8. The van der Waals surface area contributed by atoms with Crippen LogP contribution in [0.5, 0.6) is 11.5 Å². The first-order valence-electron chi connectivity index (χ1n) is 12.1. The number of fused-ring (bicyclic) bond motifs is 1. The third kappa shape index (κ3) is 6.34. The van der Waals surface area contributed by atoms with Gasteiger partial charge in [-0.25, -0.2) is 4.79 Å². The lowest BCUT2D eigenvalue weighted by Crippen LogP contribution is -2.41. The van der Waals surface area contributed by atoms with Crippen molar-refractivity contribution in [1.29, 1.82) is 0 Å². The van der Waals surface area contributed by atoms with Crippen LogP contribution < -0.4 is 15.7 Å². The molecule has 2 heterocycles. The number of aromatic hydroxyl groups is 1. The van der Waals surface area contributed by atoms with Crippen LogP contribution in [0.2, 0.25) is 0 Å². The molecule has 2 aromatic carbocycles. The van der Waals surface area contributed by atoms with Gasteiger partial charge in [-0.1, -0.05) is 12.1 Å². The van der Waals surface area contributed by atoms with Gasteiger partial charge in [0.05, 0.1) is 18.8 Å². The van der Waals surface area contributed by atoms with E-state index in [-0.39, 0.29) is 34.1 Å². The molecule has 196 valence electrons. The van der Waals surface area contributed by atoms with Crippen LogP contribution in [0.1, 0.15) is 20.7 Å². The lowest BCUT2D eigenvalue weighted by Gasteiger charge is -2.26. The normalized spacial score (nSPS) is 14.1. The van der Waals surface area contributed by atoms with Crippen LogP contribution in [0.25, 0.3) is 22.1 Å². The molecule has 1 amide bonds. The minimum atomic E-state index is -0.668. The van der Waals surface area contributed by atoms with Gasteiger partial charge in [0, 0.05) is 43.7 Å². The second-order valence-corrected chi connectivity index (χ2v) is 9.06. The third-order valence-corrected chi connectivity index (χ3v) is 6.19. The molecule has 1 saturated heterocycles. The molecule has 10 nitrogen and oxygen atoms in total. The van der Waals surface area contributed by atoms with Crippen molar-refractivity contribution in [3.05, 3.63) is 57.9 Å². The van der Waals surface area contributed by atoms with E-state index in [1.807, 2.05) is 19.0 Å². The number of morpholine rings is 1. The van der Waals surface area contributed by atoms with Crippen LogP contribution in [-0.4, -0.2) is 93.7 Å². The molecule has 0 atom stereocenters. The van der Waals surface area contributed by atoms with Crippen LogP contribution in [0, 0.1) is 0 Å². The van der Waals surface area contributed by atoms with Gasteiger partial charge in [-0.05, 0) is 43.9 Å². The molecule has 0 unspecified atom stereocenters. The van der Waals surface area contributed by atoms with E-state index in [1.54, 1.807) is 30.3 Å². The minimum Gasteiger partial charge on any atom is -0.504 e. The highest BCUT2D eigenvalue weighted by atomic mass is 16.5. The van der Waals surface area contributed by atoms with Gasteiger partial charge in [0.15, 0.2) is 23.4 Å². The Morgan fingerprint density at radius 3 is 2.59 bits per heavy atom. The second kappa shape index (κ2) is 12.0. The zero-order chi connectivity index (χ0) is 26.4. The number of carbonyl (C=O) groups is 2. The predicted molar refractivity (Wildman–Crippen MR) is 139 cm³/mol. The highest BCUT2D eigenvalue weighted by molar-refractivity contribution is 6.00. The molecule has 0 spiro atoms. The molecule has 4 rings (SSSR count). The SMILES string of the molecule is CN(C)CCOc1cc2cc(-c3ccc(C(=O)NCCN4CCOCC4)cc3)c(=O)oc2c(C=O)c1O. The van der Waals surface area contributed by atoms with Crippen LogP contribution in [0.3, 0.4) is 0 Å². The summed E-state index contributed by atoms with van der Waals surface area (Å²) in [7, 11) is 3.78. The molecule has 0 radical (unpaired) electrons. The summed E-state index contributed by atoms with van der Waals surface area (Å²) in [6, 6.07) is 9.76. The number of phenolic OH excluding ortho intramolecular Hbond substituents is 1. The van der Waals surface area contributed by atoms with Crippen molar-refractivity contribution in [3.63, 3.8) is 0 Å². The Balaban J connectivity index is 1.52. The number of carbonyl (C=O) groups excluding carboxylic acids is 2. The van der Waals surface area contributed by atoms with E-state index < -0.39 is 5.63 Å². The standard InChI is InChI=1S/C27H31N3O7/c1-29(2)9-14-36-23-16-20-15-21(27(34)37-25(20)22(17-31)24(23)32)18-3-5-19(6-4-18)26(33)28-7-8-30-10-12-35-13-11-30/h3-6,15-17,32H,7-14H2,1-2H3,(H,28,33). The Hall–Kier alpha value is -3.73. The van der Waals surface area contributed by atoms with E-state index in [1.165, 1.54) is 6.07 Å². The van der Waals surface area contributed by atoms with Gasteiger partial charge in [-0.2, -0.15) is 0 Å². The van der Waals surface area contributed by atoms with E-state index in [2.05, 4.69) is 10.2 Å². The maximum Gasteiger partial charge on any atom is 0.344 e. The molecule has 3 aromatic rings. The lowest BCUT2D eigenvalue weighted by atomic mass is 10.0. The number of aldehydes is 1. The molecule has 0 aliphatic carbocycles. The Morgan fingerprint density at radius 2 is 1.92 bits per heavy atom. The van der Waals surface area contributed by atoms with Crippen LogP contribution >= 0.6 is 0 Å². The molecule has 1 aliphatic heterocycles. The molecule has 1 fully saturated rings. The first-order chi connectivity index (χ1) is 17.9. The van der Waals surface area contributed by atoms with Crippen molar-refractivity contribution in [1.82, 2.24) is 15.1 Å². The molecule has 2 N–H and O–H groups in total. The molecule has 37 heavy (non-hydrogen) atoms. The highest BCUT2D eigenvalue weighted by Crippen LogP contribution is 2.36. The van der Waals surface area contributed by atoms with E-state index in [0.717, 1.165) is 19.6 Å². The van der Waals surface area contributed by atoms with E-state index in [0.29, 0.717) is 55.7 Å². The molecule has 1 aliphatic rings. The number of phenols is 1. The maximum absolute atomic E-state index is 12.8. The number of hydrogen-bond acceptors (Lipinski definition) is 9. The molecule has 0 saturated carbocycles. The number of amides is 1. The van der Waals surface area contributed by atoms with Gasteiger partial charge >= 0.3 is 5.63 Å². The van der Waals surface area contributed by atoms with Gasteiger partial charge in [0.2, 0.25) is 0 Å². The Kier molecular flexibility index (Phi) is 8.54. The van der Waals surface area contributed by atoms with Crippen LogP contribution in [0.15, 0.2) is 45.6 Å². The third-order valence-electron chi connectivity index (χ3n) is 6.19. The second-order valence-electron chi connectivity index (χ2n) is 9.06. The molecule has 10 heteroatoms. The average molecular weight is 510 g/mol. The summed E-state index contributed by atoms with van der Waals surface area (Å²) in [5.41, 5.74) is 0.451. The largest absolute Gasteiger partial charge is 0.504 e. The number of likely N-dealkylation sites (N-methyl/N-ethyl adjacent to an activating group) is 1. The van der Waals surface area contributed by atoms with Crippen molar-refractivity contribution < 1.29 is 28.6 Å². The van der Waals surface area contributed by atoms with Gasteiger partial charge in [0.25, 0.3) is 5.91 Å². The van der Waals surface area contributed by atoms with E-state index in [4.69, 9.17) is 13.9 Å². The first-order valence-corrected chi connectivity index (χ1v) is 12.1. The molecular weight excluding hydrogens is 478 g/mol. The number of nitrogens with zero attached hydrogens (tertiary/aromatic N) is 2. The summed E-state index contributed by atoms with van der Waals surface area (Å²) in [5.74, 6) is -0.447. The number of ether oxygens (including phenoxy) is 2. The fourth-order valence-electron chi connectivity index (χ4n) is 4.07. The van der Waals surface area contributed by atoms with Crippen molar-refractivity contribution in [2.45, 2.75) is 0 Å². The lowest BCUT2D eigenvalue weighted by molar-refractivity contribution is 0.0383. The molecule has 0 bridgehead atoms. The van der Waals surface area contributed by atoms with E-state index in [9.17, 15) is 19.5 Å². The van der Waals surface area contributed by atoms with Gasteiger partial charge in [-0.3, -0.25) is 14.5 Å². The zero-order valence-electron chi connectivity index (χ0n) is 21.0. The fraction of sp³-hybridized carbons (Fsp3) is 0.370. The average Bonchev–Trinajstić information content (AvgIpc) is 2.89. The fourth-order valence-corrected chi connectivity index (χ4v) is 4.07. The summed E-state index contributed by atoms with van der Waals surface area (Å²) in [4.78, 5) is 41.1. The first kappa shape index (κ1) is 26.3. The van der Waals surface area contributed by atoms with Crippen LogP contribution in [0.4, 0.5) is 0 Å². The minimum absolute atomic E-state index is 0.0162. The molecular formula is C27H31N3O7. The predicted octanol–water partition coefficient (Wildman–Crippen LogP) is 1.98. The van der Waals surface area contributed by atoms with Gasteiger partial charge < -0.3 is 29.2 Å². The van der Waals surface area contributed by atoms with Gasteiger partial charge in [0.1, 0.15) is 12.2 Å². The Morgan fingerprint density at radius 1 is 1.19 bits per heavy atom. The van der Waals surface area contributed by atoms with Crippen LogP contribution in [-0.2, 0) is 4.74 Å². The van der Waals surface area contributed by atoms with Crippen molar-refractivity contribution in [2.24, 2.45) is 0 Å². The zero-order valence-corrected chi connectivity index (χ0v) is 21.0. The Labute approximate surface area is 214 Å². The van der Waals surface area contributed by atoms with Crippen molar-refractivity contribution in [2.75, 3.05) is 66.6 Å². The Bertz CT molecular complexity index is 1310. The van der Waals surface area contributed by atoms with Crippen molar-refractivity contribution in [3.8, 4) is 22.6 Å². The summed E-state index contributed by atoms with van der Waals surface area (Å²) in [6.07, 6.45) is 0.436. The number of hydrogen-bond donors (Lipinski definition) is 2. The molecule has 1 aromatic heterocycles. The highest BCUT2D eigenvalue weighted by Gasteiger charge is 2.19. The summed E-state index contributed by atoms with van der Waals surface area (Å²) in [6.45, 7) is 5.32. The topological polar surface area (TPSA) is 122 Å².